The Morgan fingerprint density at radius 3 is 2.67 bits per heavy atom. The van der Waals surface area contributed by atoms with Crippen LogP contribution in [0.25, 0.3) is 0 Å². The van der Waals surface area contributed by atoms with Crippen molar-refractivity contribution < 1.29 is 23.1 Å². The van der Waals surface area contributed by atoms with Gasteiger partial charge >= 0.3 is 5.97 Å². The number of carboxylic acids is 1. The highest BCUT2D eigenvalue weighted by atomic mass is 35.5. The van der Waals surface area contributed by atoms with E-state index >= 15 is 0 Å². The molecule has 2 rings (SSSR count). The van der Waals surface area contributed by atoms with Crippen LogP contribution >= 0.6 is 23.2 Å². The van der Waals surface area contributed by atoms with Gasteiger partial charge in [-0.25, -0.2) is 13.2 Å². The second kappa shape index (κ2) is 6.10. The summed E-state index contributed by atoms with van der Waals surface area (Å²) in [6.45, 7) is 2.37. The summed E-state index contributed by atoms with van der Waals surface area (Å²) in [5.41, 5.74) is -0.343. The molecule has 9 heteroatoms. The molecule has 1 N–H and O–H groups in total. The van der Waals surface area contributed by atoms with Crippen molar-refractivity contribution in [1.82, 2.24) is 4.31 Å². The van der Waals surface area contributed by atoms with Crippen LogP contribution in [0.2, 0.25) is 10.0 Å². The highest BCUT2D eigenvalue weighted by Gasteiger charge is 2.32. The number of carbonyl (C=O) groups is 1. The average Bonchev–Trinajstić information content (AvgIpc) is 2.40. The van der Waals surface area contributed by atoms with Crippen LogP contribution in [-0.2, 0) is 14.8 Å². The van der Waals surface area contributed by atoms with Gasteiger partial charge in [0, 0.05) is 18.1 Å². The third kappa shape index (κ3) is 3.32. The zero-order chi connectivity index (χ0) is 15.8. The molecule has 1 heterocycles. The molecule has 1 fully saturated rings. The van der Waals surface area contributed by atoms with Crippen LogP contribution in [0, 0.1) is 0 Å². The summed E-state index contributed by atoms with van der Waals surface area (Å²) in [5.74, 6) is -1.34. The minimum atomic E-state index is -3.93. The van der Waals surface area contributed by atoms with Gasteiger partial charge in [-0.3, -0.25) is 0 Å². The first-order valence-electron chi connectivity index (χ1n) is 6.07. The summed E-state index contributed by atoms with van der Waals surface area (Å²) in [6, 6.07) is 2.28. The number of nitrogens with zero attached hydrogens (tertiary/aromatic N) is 1. The van der Waals surface area contributed by atoms with Gasteiger partial charge in [0.25, 0.3) is 0 Å². The van der Waals surface area contributed by atoms with Gasteiger partial charge < -0.3 is 9.84 Å². The molecular weight excluding hydrogens is 341 g/mol. The van der Waals surface area contributed by atoms with Crippen molar-refractivity contribution in [2.45, 2.75) is 17.9 Å². The van der Waals surface area contributed by atoms with Crippen molar-refractivity contribution in [2.24, 2.45) is 0 Å². The molecule has 1 aliphatic heterocycles. The molecule has 6 nitrogen and oxygen atoms in total. The molecule has 0 aliphatic carbocycles. The second-order valence-corrected chi connectivity index (χ2v) is 7.34. The first-order valence-corrected chi connectivity index (χ1v) is 8.27. The van der Waals surface area contributed by atoms with E-state index in [1.807, 2.05) is 0 Å². The summed E-state index contributed by atoms with van der Waals surface area (Å²) in [5, 5.41) is 8.72. The molecule has 0 aromatic heterocycles. The van der Waals surface area contributed by atoms with Gasteiger partial charge in [-0.2, -0.15) is 4.31 Å². The quantitative estimate of drug-likeness (QED) is 0.899. The number of aromatic carboxylic acids is 1. The molecule has 1 atom stereocenters. The van der Waals surface area contributed by atoms with Crippen molar-refractivity contribution in [3.8, 4) is 0 Å². The number of ether oxygens (including phenoxy) is 1. The van der Waals surface area contributed by atoms with E-state index in [0.29, 0.717) is 0 Å². The second-order valence-electron chi connectivity index (χ2n) is 4.62. The van der Waals surface area contributed by atoms with Gasteiger partial charge in [0.2, 0.25) is 10.0 Å². The fraction of sp³-hybridized carbons (Fsp3) is 0.417. The molecule has 1 aromatic rings. The molecular formula is C12H13Cl2NO5S. The Morgan fingerprint density at radius 1 is 1.43 bits per heavy atom. The fourth-order valence-corrected chi connectivity index (χ4v) is 4.43. The maximum Gasteiger partial charge on any atom is 0.337 e. The summed E-state index contributed by atoms with van der Waals surface area (Å²) >= 11 is 11.7. The van der Waals surface area contributed by atoms with Gasteiger partial charge in [-0.05, 0) is 19.1 Å². The van der Waals surface area contributed by atoms with Gasteiger partial charge in [-0.15, -0.1) is 0 Å². The van der Waals surface area contributed by atoms with Crippen molar-refractivity contribution in [2.75, 3.05) is 19.7 Å². The third-order valence-corrected chi connectivity index (χ3v) is 5.68. The maximum atomic E-state index is 12.6. The Morgan fingerprint density at radius 2 is 2.10 bits per heavy atom. The van der Waals surface area contributed by atoms with Crippen LogP contribution in [0.15, 0.2) is 17.0 Å². The predicted molar refractivity (Wildman–Crippen MR) is 77.6 cm³/mol. The molecule has 0 spiro atoms. The molecule has 1 saturated heterocycles. The fourth-order valence-electron chi connectivity index (χ4n) is 2.05. The number of sulfonamides is 1. The monoisotopic (exact) mass is 353 g/mol. The van der Waals surface area contributed by atoms with E-state index in [1.165, 1.54) is 4.31 Å². The lowest BCUT2D eigenvalue weighted by atomic mass is 10.2. The van der Waals surface area contributed by atoms with Crippen LogP contribution in [-0.4, -0.2) is 49.6 Å². The van der Waals surface area contributed by atoms with E-state index in [0.717, 1.165) is 12.1 Å². The minimum Gasteiger partial charge on any atom is -0.478 e. The number of benzene rings is 1. The summed E-state index contributed by atoms with van der Waals surface area (Å²) in [4.78, 5) is 10.8. The first kappa shape index (κ1) is 16.5. The Kier molecular flexibility index (Phi) is 4.79. The number of carboxylic acid groups (broad SMARTS) is 1. The highest BCUT2D eigenvalue weighted by Crippen LogP contribution is 2.32. The topological polar surface area (TPSA) is 83.9 Å². The van der Waals surface area contributed by atoms with Crippen molar-refractivity contribution in [1.29, 1.82) is 0 Å². The van der Waals surface area contributed by atoms with E-state index < -0.39 is 16.0 Å². The summed E-state index contributed by atoms with van der Waals surface area (Å²) in [6.07, 6.45) is -0.245. The van der Waals surface area contributed by atoms with Gasteiger partial charge in [0.05, 0.1) is 23.3 Å². The van der Waals surface area contributed by atoms with Crippen LogP contribution in [0.4, 0.5) is 0 Å². The molecule has 0 amide bonds. The van der Waals surface area contributed by atoms with Crippen molar-refractivity contribution >= 4 is 39.2 Å². The standard InChI is InChI=1S/C12H13Cl2NO5S/c1-7-6-15(2-3-20-7)21(18,19)10-5-8(13)4-9(11(10)14)12(16)17/h4-5,7H,2-3,6H2,1H3,(H,16,17). The molecule has 1 unspecified atom stereocenters. The summed E-state index contributed by atoms with van der Waals surface area (Å²) < 4.78 is 31.7. The van der Waals surface area contributed by atoms with Gasteiger partial charge in [-0.1, -0.05) is 23.2 Å². The molecule has 1 aliphatic rings. The SMILES string of the molecule is CC1CN(S(=O)(=O)c2cc(Cl)cc(C(=O)O)c2Cl)CCO1. The number of hydrogen-bond acceptors (Lipinski definition) is 4. The maximum absolute atomic E-state index is 12.6. The molecule has 0 radical (unpaired) electrons. The molecule has 0 bridgehead atoms. The Labute approximate surface area is 132 Å². The van der Waals surface area contributed by atoms with Crippen LogP contribution < -0.4 is 0 Å². The Hall–Kier alpha value is -0.860. The number of morpholine rings is 1. The smallest absolute Gasteiger partial charge is 0.337 e. The largest absolute Gasteiger partial charge is 0.478 e. The zero-order valence-electron chi connectivity index (χ0n) is 11.0. The normalized spacial score (nSPS) is 20.4. The van der Waals surface area contributed by atoms with E-state index in [1.54, 1.807) is 6.92 Å². The van der Waals surface area contributed by atoms with E-state index in [2.05, 4.69) is 0 Å². The highest BCUT2D eigenvalue weighted by molar-refractivity contribution is 7.89. The lowest BCUT2D eigenvalue weighted by molar-refractivity contribution is 0.0102. The van der Waals surface area contributed by atoms with Gasteiger partial charge in [0.1, 0.15) is 4.90 Å². The predicted octanol–water partition coefficient (Wildman–Crippen LogP) is 2.10. The lowest BCUT2D eigenvalue weighted by Crippen LogP contribution is -2.44. The third-order valence-electron chi connectivity index (χ3n) is 3.06. The van der Waals surface area contributed by atoms with Crippen LogP contribution in [0.5, 0.6) is 0 Å². The summed E-state index contributed by atoms with van der Waals surface area (Å²) in [7, 11) is -3.93. The van der Waals surface area contributed by atoms with Crippen LogP contribution in [0.3, 0.4) is 0 Å². The lowest BCUT2D eigenvalue weighted by Gasteiger charge is -2.30. The van der Waals surface area contributed by atoms with Gasteiger partial charge in [0.15, 0.2) is 0 Å². The number of rotatable bonds is 3. The van der Waals surface area contributed by atoms with Crippen LogP contribution in [0.1, 0.15) is 17.3 Å². The number of halogens is 2. The number of hydrogen-bond donors (Lipinski definition) is 1. The minimum absolute atomic E-state index is 0.00307. The molecule has 21 heavy (non-hydrogen) atoms. The zero-order valence-corrected chi connectivity index (χ0v) is 13.4. The molecule has 0 saturated carbocycles. The average molecular weight is 354 g/mol. The van der Waals surface area contributed by atoms with E-state index in [-0.39, 0.29) is 46.3 Å². The Balaban J connectivity index is 2.52. The molecule has 116 valence electrons. The van der Waals surface area contributed by atoms with Crippen molar-refractivity contribution in [3.63, 3.8) is 0 Å². The van der Waals surface area contributed by atoms with E-state index in [9.17, 15) is 13.2 Å². The molecule has 1 aromatic carbocycles. The van der Waals surface area contributed by atoms with E-state index in [4.69, 9.17) is 33.0 Å². The Bertz CT molecular complexity index is 676. The van der Waals surface area contributed by atoms with Crippen molar-refractivity contribution in [3.05, 3.63) is 27.7 Å². The first-order chi connectivity index (χ1) is 9.73.